The highest BCUT2D eigenvalue weighted by atomic mass is 14.4. The molecule has 0 fully saturated rings. The van der Waals surface area contributed by atoms with E-state index in [-0.39, 0.29) is 11.3 Å². The van der Waals surface area contributed by atoms with Gasteiger partial charge in [0.1, 0.15) is 0 Å². The van der Waals surface area contributed by atoms with E-state index in [1.54, 1.807) is 0 Å². The van der Waals surface area contributed by atoms with Gasteiger partial charge in [-0.05, 0) is 38.9 Å². The minimum absolute atomic E-state index is 0.226. The largest absolute Gasteiger partial charge is 0.0622 e. The first-order valence-electron chi connectivity index (χ1n) is 11.0. The molecule has 0 spiro atoms. The Balaban J connectivity index is 1.82. The molecule has 0 heterocycles. The van der Waals surface area contributed by atoms with Crippen molar-refractivity contribution < 1.29 is 0 Å². The molecular weight excluding hydrogens is 372 g/mol. The highest BCUT2D eigenvalue weighted by Crippen LogP contribution is 2.49. The molecule has 0 radical (unpaired) electrons. The van der Waals surface area contributed by atoms with Crippen LogP contribution in [0.2, 0.25) is 0 Å². The van der Waals surface area contributed by atoms with Gasteiger partial charge in [-0.25, -0.2) is 0 Å². The zero-order chi connectivity index (χ0) is 21.1. The summed E-state index contributed by atoms with van der Waals surface area (Å²) >= 11 is 0. The first-order chi connectivity index (χ1) is 15.3. The molecule has 0 saturated carbocycles. The molecule has 0 nitrogen and oxygen atoms in total. The number of rotatable bonds is 5. The normalized spacial score (nSPS) is 12.5. The second-order valence-corrected chi connectivity index (χ2v) is 8.23. The number of hydrogen-bond donors (Lipinski definition) is 0. The summed E-state index contributed by atoms with van der Waals surface area (Å²) < 4.78 is 0. The molecule has 1 unspecified atom stereocenters. The Hall–Kier alpha value is -3.64. The lowest BCUT2D eigenvalue weighted by atomic mass is 9.60. The van der Waals surface area contributed by atoms with Crippen molar-refractivity contribution in [1.82, 2.24) is 0 Å². The molecule has 0 aromatic heterocycles. The van der Waals surface area contributed by atoms with Crippen LogP contribution in [0.25, 0.3) is 10.8 Å². The third-order valence-electron chi connectivity index (χ3n) is 6.61. The van der Waals surface area contributed by atoms with Crippen LogP contribution >= 0.6 is 0 Å². The van der Waals surface area contributed by atoms with Crippen LogP contribution in [0.4, 0.5) is 0 Å². The molecule has 0 amide bonds. The molecule has 0 aliphatic rings. The summed E-state index contributed by atoms with van der Waals surface area (Å²) in [6.07, 6.45) is 0. The average molecular weight is 399 g/mol. The molecular formula is C31H26. The zero-order valence-electron chi connectivity index (χ0n) is 17.8. The molecule has 0 bridgehead atoms. The molecule has 31 heavy (non-hydrogen) atoms. The van der Waals surface area contributed by atoms with Gasteiger partial charge in [-0.1, -0.05) is 140 Å². The van der Waals surface area contributed by atoms with Gasteiger partial charge in [-0.15, -0.1) is 0 Å². The second kappa shape index (κ2) is 8.24. The Bertz CT molecular complexity index is 1170. The van der Waals surface area contributed by atoms with Crippen LogP contribution in [0.15, 0.2) is 133 Å². The third-order valence-corrected chi connectivity index (χ3v) is 6.61. The number of benzene rings is 5. The van der Waals surface area contributed by atoms with E-state index >= 15 is 0 Å². The van der Waals surface area contributed by atoms with Crippen molar-refractivity contribution in [2.24, 2.45) is 0 Å². The first kappa shape index (κ1) is 19.3. The van der Waals surface area contributed by atoms with E-state index in [9.17, 15) is 0 Å². The van der Waals surface area contributed by atoms with Crippen molar-refractivity contribution in [1.29, 1.82) is 0 Å². The molecule has 1 atom stereocenters. The predicted octanol–water partition coefficient (Wildman–Crippen LogP) is 7.98. The zero-order valence-corrected chi connectivity index (χ0v) is 17.8. The van der Waals surface area contributed by atoms with Crippen molar-refractivity contribution in [3.63, 3.8) is 0 Å². The number of hydrogen-bond acceptors (Lipinski definition) is 0. The molecule has 0 aliphatic heterocycles. The molecule has 5 aromatic rings. The fourth-order valence-electron chi connectivity index (χ4n) is 5.08. The van der Waals surface area contributed by atoms with Crippen LogP contribution in [0.1, 0.15) is 35.1 Å². The summed E-state index contributed by atoms with van der Waals surface area (Å²) in [6.45, 7) is 2.37. The van der Waals surface area contributed by atoms with Crippen LogP contribution in [0.3, 0.4) is 0 Å². The molecule has 0 aliphatic carbocycles. The standard InChI is InChI=1S/C31H26/c1-24(26-22-21-25-13-11-12-14-27(25)23-26)31(28-15-5-2-6-16-28,29-17-7-3-8-18-29)30-19-9-4-10-20-30/h2-24H,1H3. The minimum Gasteiger partial charge on any atom is -0.0622 e. The Labute approximate surface area is 184 Å². The Morgan fingerprint density at radius 3 is 1.35 bits per heavy atom. The molecule has 0 heteroatoms. The summed E-state index contributed by atoms with van der Waals surface area (Å²) in [6, 6.07) is 48.4. The smallest absolute Gasteiger partial charge is 0.0516 e. The summed E-state index contributed by atoms with van der Waals surface area (Å²) in [7, 11) is 0. The van der Waals surface area contributed by atoms with E-state index in [1.807, 2.05) is 0 Å². The summed E-state index contributed by atoms with van der Waals surface area (Å²) in [5, 5.41) is 2.57. The Morgan fingerprint density at radius 2 is 0.871 bits per heavy atom. The molecule has 0 saturated heterocycles. The monoisotopic (exact) mass is 398 g/mol. The number of fused-ring (bicyclic) bond motifs is 1. The van der Waals surface area contributed by atoms with Gasteiger partial charge in [0.05, 0.1) is 5.41 Å². The quantitative estimate of drug-likeness (QED) is 0.263. The summed E-state index contributed by atoms with van der Waals surface area (Å²) in [5.74, 6) is 0.226. The second-order valence-electron chi connectivity index (χ2n) is 8.23. The molecule has 5 aromatic carbocycles. The van der Waals surface area contributed by atoms with Crippen LogP contribution in [0, 0.1) is 0 Å². The fraction of sp³-hybridized carbons (Fsp3) is 0.0968. The maximum absolute atomic E-state index is 2.37. The summed E-state index contributed by atoms with van der Waals surface area (Å²) in [5.41, 5.74) is 4.98. The van der Waals surface area contributed by atoms with Gasteiger partial charge >= 0.3 is 0 Å². The van der Waals surface area contributed by atoms with Crippen LogP contribution in [-0.4, -0.2) is 0 Å². The van der Waals surface area contributed by atoms with Gasteiger partial charge in [0.15, 0.2) is 0 Å². The van der Waals surface area contributed by atoms with Crippen molar-refractivity contribution in [2.45, 2.75) is 18.3 Å². The highest BCUT2D eigenvalue weighted by molar-refractivity contribution is 5.83. The van der Waals surface area contributed by atoms with E-state index in [2.05, 4.69) is 140 Å². The third kappa shape index (κ3) is 3.35. The van der Waals surface area contributed by atoms with E-state index in [1.165, 1.54) is 33.0 Å². The summed E-state index contributed by atoms with van der Waals surface area (Å²) in [4.78, 5) is 0. The van der Waals surface area contributed by atoms with Crippen molar-refractivity contribution >= 4 is 10.8 Å². The van der Waals surface area contributed by atoms with E-state index in [4.69, 9.17) is 0 Å². The van der Waals surface area contributed by atoms with E-state index in [0.29, 0.717) is 0 Å². The first-order valence-corrected chi connectivity index (χ1v) is 11.0. The van der Waals surface area contributed by atoms with Gasteiger partial charge in [0.25, 0.3) is 0 Å². The van der Waals surface area contributed by atoms with Gasteiger partial charge in [-0.2, -0.15) is 0 Å². The van der Waals surface area contributed by atoms with Gasteiger partial charge in [0, 0.05) is 0 Å². The molecule has 0 N–H and O–H groups in total. The maximum atomic E-state index is 2.37. The molecule has 150 valence electrons. The lowest BCUT2D eigenvalue weighted by molar-refractivity contribution is 0.511. The van der Waals surface area contributed by atoms with Crippen molar-refractivity contribution in [3.05, 3.63) is 156 Å². The lowest BCUT2D eigenvalue weighted by Gasteiger charge is -2.41. The predicted molar refractivity (Wildman–Crippen MR) is 132 cm³/mol. The fourth-order valence-corrected chi connectivity index (χ4v) is 5.08. The Morgan fingerprint density at radius 1 is 0.452 bits per heavy atom. The van der Waals surface area contributed by atoms with Crippen LogP contribution in [0.5, 0.6) is 0 Å². The minimum atomic E-state index is -0.299. The van der Waals surface area contributed by atoms with Gasteiger partial charge < -0.3 is 0 Å². The van der Waals surface area contributed by atoms with Gasteiger partial charge in [0.2, 0.25) is 0 Å². The average Bonchev–Trinajstić information content (AvgIpc) is 2.86. The van der Waals surface area contributed by atoms with Crippen molar-refractivity contribution in [2.75, 3.05) is 0 Å². The highest BCUT2D eigenvalue weighted by Gasteiger charge is 2.42. The molecule has 5 rings (SSSR count). The topological polar surface area (TPSA) is 0 Å². The Kier molecular flexibility index (Phi) is 5.14. The lowest BCUT2D eigenvalue weighted by Crippen LogP contribution is -2.35. The van der Waals surface area contributed by atoms with E-state index in [0.717, 1.165) is 0 Å². The van der Waals surface area contributed by atoms with Gasteiger partial charge in [-0.3, -0.25) is 0 Å². The van der Waals surface area contributed by atoms with Crippen molar-refractivity contribution in [3.8, 4) is 0 Å². The maximum Gasteiger partial charge on any atom is 0.0516 e. The van der Waals surface area contributed by atoms with E-state index < -0.39 is 0 Å². The van der Waals surface area contributed by atoms with Crippen LogP contribution < -0.4 is 0 Å². The SMILES string of the molecule is CC(c1ccc2ccccc2c1)C(c1ccccc1)(c1ccccc1)c1ccccc1. The van der Waals surface area contributed by atoms with Crippen LogP contribution in [-0.2, 0) is 5.41 Å².